The molecule has 7 heteroatoms. The van der Waals surface area contributed by atoms with Crippen LogP contribution in [-0.4, -0.2) is 52.5 Å². The summed E-state index contributed by atoms with van der Waals surface area (Å²) >= 11 is 0. The third-order valence-electron chi connectivity index (χ3n) is 5.91. The standard InChI is InChI=1S/C21H27FN4O2/c1-25-9-7-15(8-10-25)12-19-23-21(28-24-19)17-5-6-20(27)26(14-17)13-16-3-2-4-18(22)11-16/h2-4,11,15,17H,5-10,12-14H2,1H3/t17-/m0/s1. The van der Waals surface area contributed by atoms with Gasteiger partial charge in [-0.05, 0) is 63.0 Å². The maximum atomic E-state index is 13.4. The Hall–Kier alpha value is -2.28. The van der Waals surface area contributed by atoms with E-state index in [1.165, 1.54) is 25.0 Å². The van der Waals surface area contributed by atoms with Crippen LogP contribution in [0, 0.1) is 11.7 Å². The molecule has 0 saturated carbocycles. The molecule has 6 nitrogen and oxygen atoms in total. The van der Waals surface area contributed by atoms with Crippen molar-refractivity contribution in [3.05, 3.63) is 47.4 Å². The van der Waals surface area contributed by atoms with Crippen molar-refractivity contribution in [2.75, 3.05) is 26.7 Å². The summed E-state index contributed by atoms with van der Waals surface area (Å²) in [5.74, 6) is 1.86. The van der Waals surface area contributed by atoms with Gasteiger partial charge in [0.1, 0.15) is 5.82 Å². The van der Waals surface area contributed by atoms with Gasteiger partial charge in [0.2, 0.25) is 11.8 Å². The zero-order chi connectivity index (χ0) is 19.5. The zero-order valence-electron chi connectivity index (χ0n) is 16.3. The summed E-state index contributed by atoms with van der Waals surface area (Å²) in [6, 6.07) is 6.40. The van der Waals surface area contributed by atoms with Gasteiger partial charge in [-0.2, -0.15) is 4.98 Å². The summed E-state index contributed by atoms with van der Waals surface area (Å²) in [5.41, 5.74) is 0.794. The third-order valence-corrected chi connectivity index (χ3v) is 5.91. The van der Waals surface area contributed by atoms with Crippen molar-refractivity contribution in [1.29, 1.82) is 0 Å². The highest BCUT2D eigenvalue weighted by molar-refractivity contribution is 5.77. The first-order valence-electron chi connectivity index (χ1n) is 10.1. The first-order valence-corrected chi connectivity index (χ1v) is 10.1. The molecule has 2 saturated heterocycles. The van der Waals surface area contributed by atoms with Crippen molar-refractivity contribution in [2.45, 2.75) is 44.6 Å². The lowest BCUT2D eigenvalue weighted by Gasteiger charge is -2.31. The molecular weight excluding hydrogens is 359 g/mol. The van der Waals surface area contributed by atoms with Crippen LogP contribution >= 0.6 is 0 Å². The number of amides is 1. The molecule has 0 bridgehead atoms. The fourth-order valence-electron chi connectivity index (χ4n) is 4.17. The number of carbonyl (C=O) groups excluding carboxylic acids is 1. The van der Waals surface area contributed by atoms with E-state index in [1.54, 1.807) is 11.0 Å². The lowest BCUT2D eigenvalue weighted by molar-refractivity contribution is -0.134. The average molecular weight is 386 g/mol. The van der Waals surface area contributed by atoms with Crippen molar-refractivity contribution in [2.24, 2.45) is 5.92 Å². The third kappa shape index (κ3) is 4.58. The smallest absolute Gasteiger partial charge is 0.231 e. The molecule has 1 aromatic carbocycles. The summed E-state index contributed by atoms with van der Waals surface area (Å²) in [7, 11) is 2.16. The molecule has 2 fully saturated rings. The van der Waals surface area contributed by atoms with Gasteiger partial charge in [-0.1, -0.05) is 17.3 Å². The minimum absolute atomic E-state index is 0.0463. The lowest BCUT2D eigenvalue weighted by atomic mass is 9.93. The quantitative estimate of drug-likeness (QED) is 0.791. The molecule has 4 rings (SSSR count). The highest BCUT2D eigenvalue weighted by atomic mass is 19.1. The molecular formula is C21H27FN4O2. The van der Waals surface area contributed by atoms with E-state index in [4.69, 9.17) is 4.52 Å². The summed E-state index contributed by atoms with van der Waals surface area (Å²) < 4.78 is 19.0. The Bertz CT molecular complexity index is 816. The van der Waals surface area contributed by atoms with Gasteiger partial charge >= 0.3 is 0 Å². The average Bonchev–Trinajstić information content (AvgIpc) is 3.14. The van der Waals surface area contributed by atoms with Gasteiger partial charge in [-0.25, -0.2) is 4.39 Å². The molecule has 0 spiro atoms. The normalized spacial score (nSPS) is 22.0. The number of rotatable bonds is 5. The van der Waals surface area contributed by atoms with Crippen LogP contribution in [0.15, 0.2) is 28.8 Å². The SMILES string of the molecule is CN1CCC(Cc2noc([C@H]3CCC(=O)N(Cc4cccc(F)c4)C3)n2)CC1. The second-order valence-corrected chi connectivity index (χ2v) is 8.14. The molecule has 0 unspecified atom stereocenters. The maximum absolute atomic E-state index is 13.4. The van der Waals surface area contributed by atoms with E-state index in [1.807, 2.05) is 6.07 Å². The van der Waals surface area contributed by atoms with Crippen LogP contribution < -0.4 is 0 Å². The number of hydrogen-bond acceptors (Lipinski definition) is 5. The molecule has 2 aliphatic heterocycles. The van der Waals surface area contributed by atoms with Crippen LogP contribution in [0.4, 0.5) is 4.39 Å². The predicted molar refractivity (Wildman–Crippen MR) is 102 cm³/mol. The van der Waals surface area contributed by atoms with Gasteiger partial charge in [0.05, 0.1) is 5.92 Å². The molecule has 150 valence electrons. The minimum Gasteiger partial charge on any atom is -0.339 e. The molecule has 1 amide bonds. The number of nitrogens with zero attached hydrogens (tertiary/aromatic N) is 4. The molecule has 1 atom stereocenters. The number of hydrogen-bond donors (Lipinski definition) is 0. The predicted octanol–water partition coefficient (Wildman–Crippen LogP) is 3.00. The number of aromatic nitrogens is 2. The van der Waals surface area contributed by atoms with Gasteiger partial charge in [-0.3, -0.25) is 4.79 Å². The van der Waals surface area contributed by atoms with E-state index in [-0.39, 0.29) is 17.6 Å². The van der Waals surface area contributed by atoms with E-state index in [2.05, 4.69) is 22.1 Å². The summed E-state index contributed by atoms with van der Waals surface area (Å²) in [5, 5.41) is 4.19. The number of likely N-dealkylation sites (tertiary alicyclic amines) is 2. The zero-order valence-corrected chi connectivity index (χ0v) is 16.3. The summed E-state index contributed by atoms with van der Waals surface area (Å²) in [6.07, 6.45) is 4.36. The first-order chi connectivity index (χ1) is 13.6. The van der Waals surface area contributed by atoms with E-state index in [0.29, 0.717) is 37.7 Å². The fourth-order valence-corrected chi connectivity index (χ4v) is 4.17. The van der Waals surface area contributed by atoms with Gasteiger partial charge in [0, 0.05) is 25.9 Å². The maximum Gasteiger partial charge on any atom is 0.231 e. The largest absolute Gasteiger partial charge is 0.339 e. The van der Waals surface area contributed by atoms with E-state index in [9.17, 15) is 9.18 Å². The monoisotopic (exact) mass is 386 g/mol. The molecule has 2 aromatic rings. The molecule has 0 N–H and O–H groups in total. The Morgan fingerprint density at radius 2 is 2.07 bits per heavy atom. The number of carbonyl (C=O) groups is 1. The Morgan fingerprint density at radius 3 is 2.86 bits per heavy atom. The summed E-state index contributed by atoms with van der Waals surface area (Å²) in [6.45, 7) is 3.18. The van der Waals surface area contributed by atoms with E-state index >= 15 is 0 Å². The van der Waals surface area contributed by atoms with Gasteiger partial charge in [-0.15, -0.1) is 0 Å². The Morgan fingerprint density at radius 1 is 1.25 bits per heavy atom. The Kier molecular flexibility index (Phi) is 5.71. The van der Waals surface area contributed by atoms with Crippen LogP contribution in [0.25, 0.3) is 0 Å². The highest BCUT2D eigenvalue weighted by Gasteiger charge is 2.30. The second kappa shape index (κ2) is 8.39. The Balaban J connectivity index is 1.37. The van der Waals surface area contributed by atoms with Crippen LogP contribution in [0.5, 0.6) is 0 Å². The first kappa shape index (κ1) is 19.1. The van der Waals surface area contributed by atoms with Gasteiger partial charge < -0.3 is 14.3 Å². The van der Waals surface area contributed by atoms with Crippen molar-refractivity contribution in [3.63, 3.8) is 0 Å². The lowest BCUT2D eigenvalue weighted by Crippen LogP contribution is -2.38. The molecule has 1 aromatic heterocycles. The second-order valence-electron chi connectivity index (χ2n) is 8.14. The van der Waals surface area contributed by atoms with Crippen molar-refractivity contribution >= 4 is 5.91 Å². The number of halogens is 1. The van der Waals surface area contributed by atoms with Crippen LogP contribution in [0.1, 0.15) is 48.9 Å². The van der Waals surface area contributed by atoms with Crippen LogP contribution in [0.3, 0.4) is 0 Å². The Labute approximate surface area is 164 Å². The number of benzene rings is 1. The molecule has 3 heterocycles. The number of piperidine rings is 2. The molecule has 2 aliphatic rings. The van der Waals surface area contributed by atoms with Gasteiger partial charge in [0.25, 0.3) is 0 Å². The van der Waals surface area contributed by atoms with Crippen LogP contribution in [0.2, 0.25) is 0 Å². The van der Waals surface area contributed by atoms with Gasteiger partial charge in [0.15, 0.2) is 5.82 Å². The fraction of sp³-hybridized carbons (Fsp3) is 0.571. The van der Waals surface area contributed by atoms with E-state index < -0.39 is 0 Å². The highest BCUT2D eigenvalue weighted by Crippen LogP contribution is 2.28. The molecule has 28 heavy (non-hydrogen) atoms. The molecule has 0 aliphatic carbocycles. The van der Waals surface area contributed by atoms with E-state index in [0.717, 1.165) is 30.9 Å². The van der Waals surface area contributed by atoms with Crippen molar-refractivity contribution in [1.82, 2.24) is 19.9 Å². The van der Waals surface area contributed by atoms with Crippen LogP contribution in [-0.2, 0) is 17.8 Å². The topological polar surface area (TPSA) is 62.5 Å². The minimum atomic E-state index is -0.283. The van der Waals surface area contributed by atoms with Crippen molar-refractivity contribution in [3.8, 4) is 0 Å². The summed E-state index contributed by atoms with van der Waals surface area (Å²) in [4.78, 5) is 21.1. The van der Waals surface area contributed by atoms with Crippen molar-refractivity contribution < 1.29 is 13.7 Å². The molecule has 0 radical (unpaired) electrons.